The summed E-state index contributed by atoms with van der Waals surface area (Å²) in [5.41, 5.74) is 8.75. The number of aryl methyl sites for hydroxylation is 1. The van der Waals surface area contributed by atoms with Crippen LogP contribution in [0.25, 0.3) is 10.9 Å². The van der Waals surface area contributed by atoms with Crippen molar-refractivity contribution in [2.45, 2.75) is 39.0 Å². The number of nitrogens with two attached hydrogens (primary N) is 1. The van der Waals surface area contributed by atoms with Crippen LogP contribution in [0.5, 0.6) is 5.75 Å². The van der Waals surface area contributed by atoms with Crippen LogP contribution in [0.15, 0.2) is 18.2 Å². The average Bonchev–Trinajstić information content (AvgIpc) is 2.67. The summed E-state index contributed by atoms with van der Waals surface area (Å²) in [6.07, 6.45) is 5.53. The standard InChI is InChI=1S/C20H26IN3O4/c1-13-18(21-27-12-28-21)19(22)17-15(24-13)8-5-9-16(17)26-11-10-23-20(25)14-6-3-2-4-7-14/h5,8-9,14H,2-4,6-7,10-12H2,1H3,(H2,22,24)(H,23,25). The van der Waals surface area contributed by atoms with Crippen molar-refractivity contribution in [3.63, 3.8) is 0 Å². The molecule has 152 valence electrons. The van der Waals surface area contributed by atoms with E-state index in [2.05, 4.69) is 10.3 Å². The number of anilines is 1. The number of fused-ring (bicyclic) bond motifs is 1. The van der Waals surface area contributed by atoms with Gasteiger partial charge in [0, 0.05) is 0 Å². The minimum absolute atomic E-state index is 0.145. The number of nitrogens with zero attached hydrogens (tertiary/aromatic N) is 1. The van der Waals surface area contributed by atoms with E-state index in [-0.39, 0.29) is 11.8 Å². The molecular weight excluding hydrogens is 473 g/mol. The zero-order valence-electron chi connectivity index (χ0n) is 16.0. The number of carbonyl (C=O) groups is 1. The normalized spacial score (nSPS) is 18.7. The van der Waals surface area contributed by atoms with Crippen molar-refractivity contribution < 1.29 is 15.7 Å². The van der Waals surface area contributed by atoms with Crippen LogP contribution in [-0.4, -0.2) is 30.8 Å². The molecule has 2 aliphatic rings. The van der Waals surface area contributed by atoms with Crippen molar-refractivity contribution in [3.05, 3.63) is 27.5 Å². The second-order valence-corrected chi connectivity index (χ2v) is 10.7. The van der Waals surface area contributed by atoms with Gasteiger partial charge in [-0.25, -0.2) is 0 Å². The molecule has 1 amide bonds. The molecule has 2 aromatic rings. The number of hydrogen-bond donors (Lipinski definition) is 2. The Morgan fingerprint density at radius 1 is 1.32 bits per heavy atom. The van der Waals surface area contributed by atoms with Gasteiger partial charge in [0.1, 0.15) is 0 Å². The molecule has 2 heterocycles. The number of ether oxygens (including phenoxy) is 1. The predicted molar refractivity (Wildman–Crippen MR) is 116 cm³/mol. The number of pyridine rings is 1. The Balaban J connectivity index is 1.44. The van der Waals surface area contributed by atoms with Crippen LogP contribution >= 0.6 is 20.6 Å². The van der Waals surface area contributed by atoms with Crippen molar-refractivity contribution in [2.75, 3.05) is 25.7 Å². The Labute approximate surface area is 172 Å². The van der Waals surface area contributed by atoms with Gasteiger partial charge in [-0.2, -0.15) is 0 Å². The molecule has 0 bridgehead atoms. The van der Waals surface area contributed by atoms with Gasteiger partial charge in [-0.05, 0) is 0 Å². The van der Waals surface area contributed by atoms with E-state index in [0.29, 0.717) is 31.4 Å². The Morgan fingerprint density at radius 2 is 2.11 bits per heavy atom. The Bertz CT molecular complexity index is 866. The van der Waals surface area contributed by atoms with Crippen LogP contribution in [0, 0.1) is 16.4 Å². The molecule has 0 unspecified atom stereocenters. The summed E-state index contributed by atoms with van der Waals surface area (Å²) in [4.78, 5) is 16.9. The molecular formula is C20H26IN3O4. The van der Waals surface area contributed by atoms with Gasteiger partial charge in [-0.1, -0.05) is 6.42 Å². The number of aromatic nitrogens is 1. The van der Waals surface area contributed by atoms with Gasteiger partial charge in [-0.3, -0.25) is 0 Å². The molecule has 7 nitrogen and oxygen atoms in total. The quantitative estimate of drug-likeness (QED) is 0.465. The fourth-order valence-corrected chi connectivity index (χ4v) is 6.41. The summed E-state index contributed by atoms with van der Waals surface area (Å²) in [6, 6.07) is 5.71. The Hall–Kier alpha value is -1.65. The molecule has 1 aromatic carbocycles. The van der Waals surface area contributed by atoms with Gasteiger partial charge in [0.15, 0.2) is 0 Å². The van der Waals surface area contributed by atoms with Crippen LogP contribution in [0.3, 0.4) is 0 Å². The molecule has 0 spiro atoms. The van der Waals surface area contributed by atoms with Crippen molar-refractivity contribution in [1.29, 1.82) is 0 Å². The van der Waals surface area contributed by atoms with Crippen molar-refractivity contribution in [1.82, 2.24) is 10.3 Å². The number of amides is 1. The first-order valence-electron chi connectivity index (χ1n) is 9.71. The number of rotatable bonds is 6. The van der Waals surface area contributed by atoms with Crippen LogP contribution in [-0.2, 0) is 10.9 Å². The van der Waals surface area contributed by atoms with E-state index in [4.69, 9.17) is 16.6 Å². The molecule has 1 aliphatic heterocycles. The molecule has 8 heteroatoms. The molecule has 1 aliphatic carbocycles. The summed E-state index contributed by atoms with van der Waals surface area (Å²) in [6.45, 7) is 3.13. The fourth-order valence-electron chi connectivity index (χ4n) is 3.78. The topological polar surface area (TPSA) is 95.7 Å². The zero-order chi connectivity index (χ0) is 19.5. The number of nitrogens with one attached hydrogen (secondary N) is 1. The van der Waals surface area contributed by atoms with E-state index < -0.39 is 20.6 Å². The van der Waals surface area contributed by atoms with Crippen LogP contribution in [0.2, 0.25) is 0 Å². The number of halogens is 1. The number of carbonyl (C=O) groups excluding carboxylic acids is 1. The van der Waals surface area contributed by atoms with Gasteiger partial charge in [-0.15, -0.1) is 0 Å². The first-order valence-corrected chi connectivity index (χ1v) is 12.6. The third kappa shape index (κ3) is 4.04. The maximum absolute atomic E-state index is 12.3. The van der Waals surface area contributed by atoms with Crippen LogP contribution in [0.4, 0.5) is 5.69 Å². The predicted octanol–water partition coefficient (Wildman–Crippen LogP) is 3.71. The first-order chi connectivity index (χ1) is 13.6. The monoisotopic (exact) mass is 499 g/mol. The van der Waals surface area contributed by atoms with E-state index in [0.717, 1.165) is 45.9 Å². The maximum atomic E-state index is 12.3. The van der Waals surface area contributed by atoms with Crippen LogP contribution < -0.4 is 15.8 Å². The molecule has 0 radical (unpaired) electrons. The number of nitrogen functional groups attached to an aromatic ring is 1. The SMILES string of the molecule is Cc1nc2cccc(OCCNC(=O)C3CCCCC3)c2c(N)c1I1OCO1. The second kappa shape index (κ2) is 8.79. The van der Waals surface area contributed by atoms with Gasteiger partial charge < -0.3 is 0 Å². The van der Waals surface area contributed by atoms with E-state index in [1.807, 2.05) is 25.1 Å². The Kier molecular flexibility index (Phi) is 6.17. The molecule has 0 atom stereocenters. The van der Waals surface area contributed by atoms with Crippen molar-refractivity contribution in [2.24, 2.45) is 5.92 Å². The molecule has 1 aromatic heterocycles. The molecule has 2 fully saturated rings. The number of benzene rings is 1. The van der Waals surface area contributed by atoms with Crippen molar-refractivity contribution in [3.8, 4) is 5.75 Å². The average molecular weight is 499 g/mol. The molecule has 3 N–H and O–H groups in total. The minimum atomic E-state index is -2.12. The zero-order valence-corrected chi connectivity index (χ0v) is 18.2. The van der Waals surface area contributed by atoms with E-state index in [9.17, 15) is 4.79 Å². The van der Waals surface area contributed by atoms with E-state index in [1.165, 1.54) is 6.42 Å². The number of hydrogen-bond acceptors (Lipinski definition) is 6. The summed E-state index contributed by atoms with van der Waals surface area (Å²) in [7, 11) is 0. The van der Waals surface area contributed by atoms with Crippen LogP contribution in [0.1, 0.15) is 37.8 Å². The van der Waals surface area contributed by atoms with Gasteiger partial charge in [0.2, 0.25) is 0 Å². The van der Waals surface area contributed by atoms with Gasteiger partial charge >= 0.3 is 167 Å². The van der Waals surface area contributed by atoms with E-state index >= 15 is 0 Å². The van der Waals surface area contributed by atoms with Crippen molar-refractivity contribution >= 4 is 43.1 Å². The fraction of sp³-hybridized carbons (Fsp3) is 0.500. The molecule has 1 saturated carbocycles. The molecule has 4 rings (SSSR count). The summed E-state index contributed by atoms with van der Waals surface area (Å²) >= 11 is -2.12. The Morgan fingerprint density at radius 3 is 2.82 bits per heavy atom. The van der Waals surface area contributed by atoms with Gasteiger partial charge in [0.05, 0.1) is 0 Å². The third-order valence-electron chi connectivity index (χ3n) is 5.19. The summed E-state index contributed by atoms with van der Waals surface area (Å²) < 4.78 is 18.0. The second-order valence-electron chi connectivity index (χ2n) is 7.10. The molecule has 1 saturated heterocycles. The summed E-state index contributed by atoms with van der Waals surface area (Å²) in [5.74, 6) is 0.975. The summed E-state index contributed by atoms with van der Waals surface area (Å²) in [5, 5.41) is 3.79. The van der Waals surface area contributed by atoms with E-state index in [1.54, 1.807) is 0 Å². The van der Waals surface area contributed by atoms with Gasteiger partial charge in [0.25, 0.3) is 0 Å². The third-order valence-corrected chi connectivity index (χ3v) is 9.07. The first kappa shape index (κ1) is 19.7. The molecule has 28 heavy (non-hydrogen) atoms.